The Labute approximate surface area is 94.6 Å². The first-order valence-corrected chi connectivity index (χ1v) is 5.78. The molecule has 1 aliphatic rings. The van der Waals surface area contributed by atoms with Gasteiger partial charge in [0.25, 0.3) is 0 Å². The summed E-state index contributed by atoms with van der Waals surface area (Å²) in [4.78, 5) is 10.6. The number of nitrogens with one attached hydrogen (secondary N) is 1. The Morgan fingerprint density at radius 2 is 2.31 bits per heavy atom. The normalized spacial score (nSPS) is 16.0. The summed E-state index contributed by atoms with van der Waals surface area (Å²) in [5.74, 6) is 0.584. The third-order valence-electron chi connectivity index (χ3n) is 3.13. The predicted molar refractivity (Wildman–Crippen MR) is 59.3 cm³/mol. The minimum atomic E-state index is -1.01. The summed E-state index contributed by atoms with van der Waals surface area (Å²) in [6, 6.07) is 3.20. The van der Waals surface area contributed by atoms with Crippen LogP contribution in [0.2, 0.25) is 0 Å². The van der Waals surface area contributed by atoms with E-state index in [4.69, 9.17) is 9.52 Å². The molecule has 1 saturated carbocycles. The molecule has 1 fully saturated rings. The largest absolute Gasteiger partial charge is 0.475 e. The SMILES string of the molecule is O=C(O)c1ccc(CNCCC2CCC2)o1. The average molecular weight is 223 g/mol. The van der Waals surface area contributed by atoms with E-state index in [-0.39, 0.29) is 5.76 Å². The summed E-state index contributed by atoms with van der Waals surface area (Å²) in [5.41, 5.74) is 0. The minimum absolute atomic E-state index is 0.00999. The Kier molecular flexibility index (Phi) is 3.62. The minimum Gasteiger partial charge on any atom is -0.475 e. The van der Waals surface area contributed by atoms with Gasteiger partial charge in [0.15, 0.2) is 0 Å². The van der Waals surface area contributed by atoms with Crippen molar-refractivity contribution < 1.29 is 14.3 Å². The number of carboxylic acids is 1. The van der Waals surface area contributed by atoms with Gasteiger partial charge in [0.2, 0.25) is 5.76 Å². The number of hydrogen-bond donors (Lipinski definition) is 2. The molecule has 0 aliphatic heterocycles. The fourth-order valence-corrected chi connectivity index (χ4v) is 1.89. The molecule has 1 aromatic heterocycles. The standard InChI is InChI=1S/C12H17NO3/c14-12(15)11-5-4-10(16-11)8-13-7-6-9-2-1-3-9/h4-5,9,13H,1-3,6-8H2,(H,14,15). The summed E-state index contributed by atoms with van der Waals surface area (Å²) in [5, 5.41) is 11.9. The lowest BCUT2D eigenvalue weighted by Crippen LogP contribution is -2.20. The molecule has 4 nitrogen and oxygen atoms in total. The zero-order valence-corrected chi connectivity index (χ0v) is 9.24. The van der Waals surface area contributed by atoms with Crippen molar-refractivity contribution in [1.29, 1.82) is 0 Å². The van der Waals surface area contributed by atoms with Crippen molar-refractivity contribution in [2.45, 2.75) is 32.2 Å². The highest BCUT2D eigenvalue weighted by Crippen LogP contribution is 2.28. The number of furan rings is 1. The molecule has 0 aromatic carbocycles. The molecule has 1 aliphatic carbocycles. The Morgan fingerprint density at radius 3 is 2.88 bits per heavy atom. The third-order valence-corrected chi connectivity index (χ3v) is 3.13. The summed E-state index contributed by atoms with van der Waals surface area (Å²) in [6.45, 7) is 1.59. The van der Waals surface area contributed by atoms with Crippen LogP contribution in [0.15, 0.2) is 16.5 Å². The summed E-state index contributed by atoms with van der Waals surface area (Å²) in [6.07, 6.45) is 5.33. The summed E-state index contributed by atoms with van der Waals surface area (Å²) in [7, 11) is 0. The molecule has 1 aromatic rings. The second kappa shape index (κ2) is 5.16. The quantitative estimate of drug-likeness (QED) is 0.726. The Balaban J connectivity index is 1.66. The molecular formula is C12H17NO3. The van der Waals surface area contributed by atoms with Crippen molar-refractivity contribution in [2.24, 2.45) is 5.92 Å². The second-order valence-electron chi connectivity index (χ2n) is 4.33. The molecule has 88 valence electrons. The molecule has 0 radical (unpaired) electrons. The number of rotatable bonds is 6. The van der Waals surface area contributed by atoms with Crippen LogP contribution in [-0.2, 0) is 6.54 Å². The zero-order chi connectivity index (χ0) is 11.4. The highest BCUT2D eigenvalue weighted by Gasteiger charge is 2.16. The van der Waals surface area contributed by atoms with Crippen molar-refractivity contribution in [3.05, 3.63) is 23.7 Å². The van der Waals surface area contributed by atoms with Crippen molar-refractivity contribution in [3.8, 4) is 0 Å². The van der Waals surface area contributed by atoms with Crippen LogP contribution in [0.1, 0.15) is 42.0 Å². The lowest BCUT2D eigenvalue weighted by molar-refractivity contribution is 0.0660. The fraction of sp³-hybridized carbons (Fsp3) is 0.583. The van der Waals surface area contributed by atoms with Gasteiger partial charge < -0.3 is 14.8 Å². The molecule has 0 atom stereocenters. The maximum Gasteiger partial charge on any atom is 0.371 e. The van der Waals surface area contributed by atoms with E-state index in [2.05, 4.69) is 5.32 Å². The molecule has 0 spiro atoms. The van der Waals surface area contributed by atoms with E-state index < -0.39 is 5.97 Å². The van der Waals surface area contributed by atoms with Gasteiger partial charge in [-0.05, 0) is 31.0 Å². The maximum atomic E-state index is 10.6. The van der Waals surface area contributed by atoms with E-state index >= 15 is 0 Å². The topological polar surface area (TPSA) is 62.5 Å². The molecule has 4 heteroatoms. The van der Waals surface area contributed by atoms with Gasteiger partial charge in [0.1, 0.15) is 5.76 Å². The molecule has 0 bridgehead atoms. The Morgan fingerprint density at radius 1 is 1.50 bits per heavy atom. The van der Waals surface area contributed by atoms with E-state index in [0.29, 0.717) is 12.3 Å². The van der Waals surface area contributed by atoms with E-state index in [1.807, 2.05) is 0 Å². The first-order chi connectivity index (χ1) is 7.75. The van der Waals surface area contributed by atoms with Crippen LogP contribution in [0.25, 0.3) is 0 Å². The van der Waals surface area contributed by atoms with Crippen LogP contribution in [-0.4, -0.2) is 17.6 Å². The molecule has 1 heterocycles. The number of carboxylic acid groups (broad SMARTS) is 1. The number of carbonyl (C=O) groups is 1. The number of hydrogen-bond acceptors (Lipinski definition) is 3. The van der Waals surface area contributed by atoms with Gasteiger partial charge in [0.05, 0.1) is 6.54 Å². The smallest absolute Gasteiger partial charge is 0.371 e. The summed E-state index contributed by atoms with van der Waals surface area (Å²) >= 11 is 0. The Hall–Kier alpha value is -1.29. The molecule has 16 heavy (non-hydrogen) atoms. The molecule has 2 rings (SSSR count). The van der Waals surface area contributed by atoms with Crippen molar-refractivity contribution in [2.75, 3.05) is 6.54 Å². The van der Waals surface area contributed by atoms with Gasteiger partial charge in [-0.15, -0.1) is 0 Å². The van der Waals surface area contributed by atoms with Crippen LogP contribution >= 0.6 is 0 Å². The molecule has 0 unspecified atom stereocenters. The van der Waals surface area contributed by atoms with Crippen molar-refractivity contribution in [1.82, 2.24) is 5.32 Å². The van der Waals surface area contributed by atoms with E-state index in [0.717, 1.165) is 12.5 Å². The highest BCUT2D eigenvalue weighted by atomic mass is 16.4. The third kappa shape index (κ3) is 2.85. The van der Waals surface area contributed by atoms with Crippen LogP contribution in [0, 0.1) is 5.92 Å². The summed E-state index contributed by atoms with van der Waals surface area (Å²) < 4.78 is 5.13. The second-order valence-corrected chi connectivity index (χ2v) is 4.33. The van der Waals surface area contributed by atoms with Crippen molar-refractivity contribution >= 4 is 5.97 Å². The maximum absolute atomic E-state index is 10.6. The van der Waals surface area contributed by atoms with E-state index in [1.165, 1.54) is 31.7 Å². The van der Waals surface area contributed by atoms with Crippen LogP contribution in [0.5, 0.6) is 0 Å². The van der Waals surface area contributed by atoms with Gasteiger partial charge in [-0.1, -0.05) is 19.3 Å². The first kappa shape index (κ1) is 11.2. The average Bonchev–Trinajstić information content (AvgIpc) is 2.63. The Bertz CT molecular complexity index is 355. The predicted octanol–water partition coefficient (Wildman–Crippen LogP) is 2.26. The van der Waals surface area contributed by atoms with Gasteiger partial charge >= 0.3 is 5.97 Å². The highest BCUT2D eigenvalue weighted by molar-refractivity contribution is 5.84. The molecule has 2 N–H and O–H groups in total. The van der Waals surface area contributed by atoms with Crippen LogP contribution in [0.3, 0.4) is 0 Å². The van der Waals surface area contributed by atoms with Crippen LogP contribution < -0.4 is 5.32 Å². The zero-order valence-electron chi connectivity index (χ0n) is 9.24. The first-order valence-electron chi connectivity index (χ1n) is 5.78. The molecule has 0 amide bonds. The molecular weight excluding hydrogens is 206 g/mol. The lowest BCUT2D eigenvalue weighted by atomic mass is 9.83. The van der Waals surface area contributed by atoms with E-state index in [9.17, 15) is 4.79 Å². The molecule has 0 saturated heterocycles. The van der Waals surface area contributed by atoms with Gasteiger partial charge in [-0.3, -0.25) is 0 Å². The monoisotopic (exact) mass is 223 g/mol. The van der Waals surface area contributed by atoms with Gasteiger partial charge in [0, 0.05) is 0 Å². The van der Waals surface area contributed by atoms with Crippen molar-refractivity contribution in [3.63, 3.8) is 0 Å². The fourth-order valence-electron chi connectivity index (χ4n) is 1.89. The lowest BCUT2D eigenvalue weighted by Gasteiger charge is -2.25. The number of aromatic carboxylic acids is 1. The van der Waals surface area contributed by atoms with Gasteiger partial charge in [-0.2, -0.15) is 0 Å². The van der Waals surface area contributed by atoms with E-state index in [1.54, 1.807) is 6.07 Å². The van der Waals surface area contributed by atoms with Gasteiger partial charge in [-0.25, -0.2) is 4.79 Å². The van der Waals surface area contributed by atoms with Crippen LogP contribution in [0.4, 0.5) is 0 Å².